The van der Waals surface area contributed by atoms with Crippen LogP contribution in [0.25, 0.3) is 10.3 Å². The molecule has 1 aliphatic heterocycles. The number of thiazole rings is 1. The number of hydrogen-bond acceptors (Lipinski definition) is 6. The number of fused-ring (bicyclic) bond motifs is 1. The van der Waals surface area contributed by atoms with Crippen LogP contribution in [-0.2, 0) is 11.3 Å². The molecule has 1 aliphatic rings. The lowest BCUT2D eigenvalue weighted by molar-refractivity contribution is -0.119. The van der Waals surface area contributed by atoms with Crippen molar-refractivity contribution in [3.63, 3.8) is 0 Å². The van der Waals surface area contributed by atoms with Gasteiger partial charge < -0.3 is 10.2 Å². The van der Waals surface area contributed by atoms with Gasteiger partial charge in [-0.15, -0.1) is 0 Å². The van der Waals surface area contributed by atoms with Crippen molar-refractivity contribution in [2.45, 2.75) is 13.5 Å². The maximum Gasteiger partial charge on any atom is 0.209 e. The molecule has 3 aromatic rings. The topological polar surface area (TPSA) is 61.4 Å². The number of rotatable bonds is 5. The van der Waals surface area contributed by atoms with Crippen molar-refractivity contribution >= 4 is 38.9 Å². The van der Waals surface area contributed by atoms with Gasteiger partial charge in [0.1, 0.15) is 10.3 Å². The van der Waals surface area contributed by atoms with E-state index in [1.54, 1.807) is 17.5 Å². The lowest BCUT2D eigenvalue weighted by Gasteiger charge is -2.32. The number of nitrogens with zero attached hydrogens (tertiary/aromatic N) is 4. The van der Waals surface area contributed by atoms with E-state index in [-0.39, 0.29) is 0 Å². The Bertz CT molecular complexity index is 884. The molecule has 3 heterocycles. The zero-order valence-electron chi connectivity index (χ0n) is 14.7. The van der Waals surface area contributed by atoms with Gasteiger partial charge in [0.2, 0.25) is 6.41 Å². The minimum Gasteiger partial charge on any atom is -0.343 e. The second-order valence-electron chi connectivity index (χ2n) is 6.48. The first-order chi connectivity index (χ1) is 12.7. The molecule has 0 bridgehead atoms. The number of aromatic nitrogens is 2. The maximum absolute atomic E-state index is 10.9. The highest BCUT2D eigenvalue weighted by Crippen LogP contribution is 2.29. The second kappa shape index (κ2) is 7.39. The zero-order valence-corrected chi connectivity index (χ0v) is 15.5. The number of anilines is 2. The van der Waals surface area contributed by atoms with Crippen molar-refractivity contribution in [2.24, 2.45) is 0 Å². The third-order valence-electron chi connectivity index (χ3n) is 4.80. The number of benzene rings is 1. The quantitative estimate of drug-likeness (QED) is 0.703. The smallest absolute Gasteiger partial charge is 0.209 e. The summed E-state index contributed by atoms with van der Waals surface area (Å²) in [5.41, 5.74) is 4.53. The molecule has 4 rings (SSSR count). The number of hydrogen-bond donors (Lipinski definition) is 1. The highest BCUT2D eigenvalue weighted by atomic mass is 32.1. The average Bonchev–Trinajstić information content (AvgIpc) is 3.08. The van der Waals surface area contributed by atoms with E-state index in [0.717, 1.165) is 60.3 Å². The summed E-state index contributed by atoms with van der Waals surface area (Å²) in [6.45, 7) is 6.48. The number of piperazine rings is 1. The summed E-state index contributed by atoms with van der Waals surface area (Å²) in [7, 11) is 0. The number of nitrogens with one attached hydrogen (secondary N) is 1. The minimum atomic E-state index is 0.805. The molecular formula is C19H21N5OS. The Morgan fingerprint density at radius 1 is 1.19 bits per heavy atom. The van der Waals surface area contributed by atoms with Crippen molar-refractivity contribution in [3.8, 4) is 0 Å². The summed E-state index contributed by atoms with van der Waals surface area (Å²) in [6, 6.07) is 10.2. The fourth-order valence-electron chi connectivity index (χ4n) is 3.20. The van der Waals surface area contributed by atoms with E-state index < -0.39 is 0 Å². The first-order valence-electron chi connectivity index (χ1n) is 8.72. The van der Waals surface area contributed by atoms with E-state index in [2.05, 4.69) is 45.3 Å². The van der Waals surface area contributed by atoms with Gasteiger partial charge in [0, 0.05) is 44.6 Å². The van der Waals surface area contributed by atoms with Crippen LogP contribution >= 0.6 is 11.3 Å². The van der Waals surface area contributed by atoms with Crippen LogP contribution in [0.5, 0.6) is 0 Å². The highest BCUT2D eigenvalue weighted by Gasteiger charge is 2.17. The molecule has 0 atom stereocenters. The third-order valence-corrected chi connectivity index (χ3v) is 5.70. The first kappa shape index (κ1) is 16.9. The molecule has 6 nitrogen and oxygen atoms in total. The van der Waals surface area contributed by atoms with Crippen molar-refractivity contribution in [3.05, 3.63) is 47.7 Å². The fourth-order valence-corrected chi connectivity index (χ4v) is 4.02. The summed E-state index contributed by atoms with van der Waals surface area (Å²) in [5.74, 6) is 0. The third kappa shape index (κ3) is 3.54. The summed E-state index contributed by atoms with van der Waals surface area (Å²) in [4.78, 5) is 25.0. The van der Waals surface area contributed by atoms with Gasteiger partial charge in [-0.2, -0.15) is 0 Å². The fraction of sp³-hybridized carbons (Fsp3) is 0.316. The summed E-state index contributed by atoms with van der Waals surface area (Å²) in [5, 5.41) is 4.31. The van der Waals surface area contributed by atoms with Gasteiger partial charge in [-0.25, -0.2) is 9.97 Å². The van der Waals surface area contributed by atoms with Crippen LogP contribution in [0.1, 0.15) is 11.1 Å². The lowest BCUT2D eigenvalue weighted by Crippen LogP contribution is -2.45. The number of pyridine rings is 1. The Hall–Kier alpha value is -2.51. The van der Waals surface area contributed by atoms with Crippen LogP contribution in [0.15, 0.2) is 36.5 Å². The second-order valence-corrected chi connectivity index (χ2v) is 7.46. The molecule has 0 radical (unpaired) electrons. The Balaban J connectivity index is 1.49. The molecule has 1 fully saturated rings. The SMILES string of the molecule is Cc1c(CN2CCN(C=O)CC2)cccc1Nc1nc2cccnc2s1. The molecule has 0 aliphatic carbocycles. The average molecular weight is 367 g/mol. The molecule has 2 aromatic heterocycles. The molecule has 1 saturated heterocycles. The van der Waals surface area contributed by atoms with Crippen molar-refractivity contribution in [2.75, 3.05) is 31.5 Å². The molecule has 0 saturated carbocycles. The molecule has 0 spiro atoms. The van der Waals surface area contributed by atoms with Crippen LogP contribution in [0.4, 0.5) is 10.8 Å². The van der Waals surface area contributed by atoms with Gasteiger partial charge in [-0.3, -0.25) is 9.69 Å². The van der Waals surface area contributed by atoms with Crippen molar-refractivity contribution in [1.29, 1.82) is 0 Å². The van der Waals surface area contributed by atoms with E-state index in [1.165, 1.54) is 11.1 Å². The van der Waals surface area contributed by atoms with Gasteiger partial charge in [0.05, 0.1) is 0 Å². The van der Waals surface area contributed by atoms with E-state index in [0.29, 0.717) is 0 Å². The number of carbonyl (C=O) groups is 1. The summed E-state index contributed by atoms with van der Waals surface area (Å²) in [6.07, 6.45) is 2.74. The summed E-state index contributed by atoms with van der Waals surface area (Å²) >= 11 is 1.56. The number of amides is 1. The van der Waals surface area contributed by atoms with Crippen molar-refractivity contribution in [1.82, 2.24) is 19.8 Å². The lowest BCUT2D eigenvalue weighted by atomic mass is 10.1. The van der Waals surface area contributed by atoms with E-state index in [9.17, 15) is 4.79 Å². The van der Waals surface area contributed by atoms with Gasteiger partial charge in [-0.05, 0) is 36.2 Å². The summed E-state index contributed by atoms with van der Waals surface area (Å²) < 4.78 is 0. The van der Waals surface area contributed by atoms with E-state index in [4.69, 9.17) is 0 Å². The molecule has 0 unspecified atom stereocenters. The van der Waals surface area contributed by atoms with Crippen LogP contribution in [-0.4, -0.2) is 52.4 Å². The van der Waals surface area contributed by atoms with Gasteiger partial charge >= 0.3 is 0 Å². The molecule has 1 N–H and O–H groups in total. The molecular weight excluding hydrogens is 346 g/mol. The van der Waals surface area contributed by atoms with Gasteiger partial charge in [0.15, 0.2) is 5.13 Å². The van der Waals surface area contributed by atoms with Crippen LogP contribution in [0, 0.1) is 6.92 Å². The Morgan fingerprint density at radius 2 is 2.04 bits per heavy atom. The molecule has 1 amide bonds. The predicted octanol–water partition coefficient (Wildman–Crippen LogP) is 3.02. The molecule has 26 heavy (non-hydrogen) atoms. The van der Waals surface area contributed by atoms with E-state index in [1.807, 2.05) is 17.0 Å². The first-order valence-corrected chi connectivity index (χ1v) is 9.53. The monoisotopic (exact) mass is 367 g/mol. The van der Waals surface area contributed by atoms with Crippen LogP contribution in [0.2, 0.25) is 0 Å². The normalized spacial score (nSPS) is 15.3. The van der Waals surface area contributed by atoms with Crippen LogP contribution < -0.4 is 5.32 Å². The molecule has 1 aromatic carbocycles. The minimum absolute atomic E-state index is 0.805. The largest absolute Gasteiger partial charge is 0.343 e. The van der Waals surface area contributed by atoms with Gasteiger partial charge in [0.25, 0.3) is 0 Å². The Labute approximate surface area is 156 Å². The van der Waals surface area contributed by atoms with Gasteiger partial charge in [-0.1, -0.05) is 23.5 Å². The number of carbonyl (C=O) groups excluding carboxylic acids is 1. The zero-order chi connectivity index (χ0) is 17.9. The Kier molecular flexibility index (Phi) is 4.81. The molecule has 7 heteroatoms. The standard InChI is InChI=1S/C19H21N5OS/c1-14-15(12-23-8-10-24(13-25)11-9-23)4-2-5-16(14)21-19-22-17-6-3-7-20-18(17)26-19/h2-7,13H,8-12H2,1H3,(H,21,22). The van der Waals surface area contributed by atoms with E-state index >= 15 is 0 Å². The van der Waals surface area contributed by atoms with Crippen LogP contribution in [0.3, 0.4) is 0 Å². The maximum atomic E-state index is 10.9. The molecule has 134 valence electrons. The highest BCUT2D eigenvalue weighted by molar-refractivity contribution is 7.21. The predicted molar refractivity (Wildman–Crippen MR) is 105 cm³/mol. The van der Waals surface area contributed by atoms with Crippen molar-refractivity contribution < 1.29 is 4.79 Å². The Morgan fingerprint density at radius 3 is 2.81 bits per heavy atom.